The quantitative estimate of drug-likeness (QED) is 0.657. The summed E-state index contributed by atoms with van der Waals surface area (Å²) in [7, 11) is 0. The topological polar surface area (TPSA) is 83.7 Å². The zero-order valence-electron chi connectivity index (χ0n) is 10.8. The van der Waals surface area contributed by atoms with E-state index < -0.39 is 4.92 Å². The van der Waals surface area contributed by atoms with Gasteiger partial charge in [-0.05, 0) is 41.3 Å². The Kier molecular flexibility index (Phi) is 4.72. The van der Waals surface area contributed by atoms with Gasteiger partial charge in [0.15, 0.2) is 0 Å². The minimum Gasteiger partial charge on any atom is -0.395 e. The van der Waals surface area contributed by atoms with Gasteiger partial charge in [0.2, 0.25) is 0 Å². The van der Waals surface area contributed by atoms with Crippen LogP contribution >= 0.6 is 15.9 Å². The van der Waals surface area contributed by atoms with Crippen LogP contribution in [-0.4, -0.2) is 40.0 Å². The smallest absolute Gasteiger partial charge is 0.284 e. The average molecular weight is 343 g/mol. The first-order valence-corrected chi connectivity index (χ1v) is 7.20. The van der Waals surface area contributed by atoms with Crippen molar-refractivity contribution in [2.75, 3.05) is 13.2 Å². The summed E-state index contributed by atoms with van der Waals surface area (Å²) in [5.41, 5.74) is 0.132. The Hall–Kier alpha value is -1.47. The Labute approximate surface area is 124 Å². The molecule has 7 heteroatoms. The molecule has 1 aliphatic rings. The summed E-state index contributed by atoms with van der Waals surface area (Å²) >= 11 is 3.14. The van der Waals surface area contributed by atoms with Gasteiger partial charge in [0.25, 0.3) is 11.6 Å². The molecule has 20 heavy (non-hydrogen) atoms. The van der Waals surface area contributed by atoms with Crippen molar-refractivity contribution < 1.29 is 14.8 Å². The van der Waals surface area contributed by atoms with Crippen LogP contribution in [0.3, 0.4) is 0 Å². The molecule has 0 unspecified atom stereocenters. The summed E-state index contributed by atoms with van der Waals surface area (Å²) in [6.45, 7) is 0.132. The van der Waals surface area contributed by atoms with Gasteiger partial charge in [0.05, 0.1) is 17.1 Å². The molecule has 6 nitrogen and oxygen atoms in total. The fourth-order valence-corrected chi connectivity index (χ4v) is 2.82. The van der Waals surface area contributed by atoms with Gasteiger partial charge < -0.3 is 10.0 Å². The summed E-state index contributed by atoms with van der Waals surface area (Å²) in [4.78, 5) is 24.5. The second kappa shape index (κ2) is 6.32. The van der Waals surface area contributed by atoms with Gasteiger partial charge in [-0.1, -0.05) is 6.07 Å². The molecule has 0 aromatic heterocycles. The largest absolute Gasteiger partial charge is 0.395 e. The number of amides is 1. The number of hydrogen-bond acceptors (Lipinski definition) is 4. The van der Waals surface area contributed by atoms with E-state index in [0.717, 1.165) is 19.3 Å². The highest BCUT2D eigenvalue weighted by atomic mass is 79.9. The molecule has 1 aromatic rings. The van der Waals surface area contributed by atoms with E-state index in [1.54, 1.807) is 11.0 Å². The second-order valence-corrected chi connectivity index (χ2v) is 5.50. The zero-order valence-corrected chi connectivity index (χ0v) is 12.4. The van der Waals surface area contributed by atoms with Crippen molar-refractivity contribution >= 4 is 27.5 Å². The van der Waals surface area contributed by atoms with Crippen LogP contribution in [0.25, 0.3) is 0 Å². The fraction of sp³-hybridized carbons (Fsp3) is 0.462. The normalized spacial score (nSPS) is 14.7. The van der Waals surface area contributed by atoms with Gasteiger partial charge in [-0.25, -0.2) is 0 Å². The van der Waals surface area contributed by atoms with Crippen LogP contribution in [0.2, 0.25) is 0 Å². The van der Waals surface area contributed by atoms with Gasteiger partial charge >= 0.3 is 0 Å². The summed E-state index contributed by atoms with van der Waals surface area (Å²) in [5.74, 6) is -0.278. The molecule has 108 valence electrons. The molecule has 1 saturated carbocycles. The number of nitro benzene ring substituents is 1. The summed E-state index contributed by atoms with van der Waals surface area (Å²) < 4.78 is 0.192. The molecular weight excluding hydrogens is 328 g/mol. The highest BCUT2D eigenvalue weighted by molar-refractivity contribution is 9.10. The Morgan fingerprint density at radius 3 is 2.70 bits per heavy atom. The molecule has 1 amide bonds. The number of carbonyl (C=O) groups is 1. The number of aliphatic hydroxyl groups excluding tert-OH is 1. The predicted octanol–water partition coefficient (Wildman–Crippen LogP) is 2.34. The molecule has 1 fully saturated rings. The standard InChI is InChI=1S/C13H15BrN2O4/c14-12-10(5-2-6-11(12)16(19)20)13(18)15(7-8-17)9-3-1-4-9/h2,5-6,9,17H,1,3-4,7-8H2. The maximum Gasteiger partial charge on any atom is 0.284 e. The highest BCUT2D eigenvalue weighted by Gasteiger charge is 2.31. The third kappa shape index (κ3) is 2.83. The van der Waals surface area contributed by atoms with Crippen LogP contribution in [0.4, 0.5) is 5.69 Å². The number of nitro groups is 1. The number of rotatable bonds is 5. The van der Waals surface area contributed by atoms with Crippen molar-refractivity contribution in [2.45, 2.75) is 25.3 Å². The zero-order chi connectivity index (χ0) is 14.7. The highest BCUT2D eigenvalue weighted by Crippen LogP contribution is 2.31. The maximum atomic E-state index is 12.5. The summed E-state index contributed by atoms with van der Waals surface area (Å²) in [6.07, 6.45) is 2.90. The van der Waals surface area contributed by atoms with Gasteiger partial charge in [-0.2, -0.15) is 0 Å². The second-order valence-electron chi connectivity index (χ2n) is 4.70. The molecule has 0 radical (unpaired) electrons. The fourth-order valence-electron chi connectivity index (χ4n) is 2.24. The Morgan fingerprint density at radius 2 is 2.20 bits per heavy atom. The van der Waals surface area contributed by atoms with E-state index in [0.29, 0.717) is 0 Å². The van der Waals surface area contributed by atoms with Crippen molar-refractivity contribution in [2.24, 2.45) is 0 Å². The molecule has 0 aliphatic heterocycles. The number of carbonyl (C=O) groups excluding carboxylic acids is 1. The van der Waals surface area contributed by atoms with Crippen LogP contribution < -0.4 is 0 Å². The third-order valence-electron chi connectivity index (χ3n) is 3.52. The SMILES string of the molecule is O=C(c1cccc([N+](=O)[O-])c1Br)N(CCO)C1CCC1. The van der Waals surface area contributed by atoms with Crippen LogP contribution in [-0.2, 0) is 0 Å². The van der Waals surface area contributed by atoms with Crippen molar-refractivity contribution in [1.82, 2.24) is 4.90 Å². The monoisotopic (exact) mass is 342 g/mol. The lowest BCUT2D eigenvalue weighted by Crippen LogP contribution is -2.45. The Morgan fingerprint density at radius 1 is 1.50 bits per heavy atom. The molecule has 0 atom stereocenters. The Bertz CT molecular complexity index is 531. The van der Waals surface area contributed by atoms with Gasteiger partial charge in [0, 0.05) is 18.7 Å². The van der Waals surface area contributed by atoms with E-state index in [-0.39, 0.29) is 40.8 Å². The lowest BCUT2D eigenvalue weighted by atomic mass is 9.91. The first kappa shape index (κ1) is 14.9. The van der Waals surface area contributed by atoms with E-state index in [1.807, 2.05) is 0 Å². The van der Waals surface area contributed by atoms with E-state index in [9.17, 15) is 14.9 Å². The molecule has 0 heterocycles. The number of hydrogen-bond donors (Lipinski definition) is 1. The predicted molar refractivity (Wildman–Crippen MR) is 76.6 cm³/mol. The van der Waals surface area contributed by atoms with E-state index in [2.05, 4.69) is 15.9 Å². The third-order valence-corrected chi connectivity index (χ3v) is 4.36. The van der Waals surface area contributed by atoms with Crippen molar-refractivity contribution in [3.63, 3.8) is 0 Å². The molecular formula is C13H15BrN2O4. The van der Waals surface area contributed by atoms with Crippen LogP contribution in [0, 0.1) is 10.1 Å². The lowest BCUT2D eigenvalue weighted by molar-refractivity contribution is -0.385. The van der Waals surface area contributed by atoms with Crippen LogP contribution in [0.15, 0.2) is 22.7 Å². The minimum atomic E-state index is -0.527. The average Bonchev–Trinajstić information content (AvgIpc) is 2.35. The van der Waals surface area contributed by atoms with E-state index in [4.69, 9.17) is 5.11 Å². The molecule has 1 aliphatic carbocycles. The Balaban J connectivity index is 2.31. The number of benzene rings is 1. The first-order valence-electron chi connectivity index (χ1n) is 6.41. The molecule has 0 bridgehead atoms. The van der Waals surface area contributed by atoms with E-state index in [1.165, 1.54) is 12.1 Å². The number of aliphatic hydroxyl groups is 1. The number of nitrogens with zero attached hydrogens (tertiary/aromatic N) is 2. The van der Waals surface area contributed by atoms with Gasteiger partial charge in [-0.3, -0.25) is 14.9 Å². The van der Waals surface area contributed by atoms with Crippen molar-refractivity contribution in [3.05, 3.63) is 38.3 Å². The molecule has 1 aromatic carbocycles. The van der Waals surface area contributed by atoms with Crippen molar-refractivity contribution in [3.8, 4) is 0 Å². The molecule has 0 spiro atoms. The maximum absolute atomic E-state index is 12.5. The molecule has 1 N–H and O–H groups in total. The van der Waals surface area contributed by atoms with Crippen molar-refractivity contribution in [1.29, 1.82) is 0 Å². The van der Waals surface area contributed by atoms with Gasteiger partial charge in [0.1, 0.15) is 4.47 Å². The lowest BCUT2D eigenvalue weighted by Gasteiger charge is -2.37. The van der Waals surface area contributed by atoms with Crippen LogP contribution in [0.1, 0.15) is 29.6 Å². The minimum absolute atomic E-state index is 0.116. The summed E-state index contributed by atoms with van der Waals surface area (Å²) in [5, 5.41) is 20.0. The van der Waals surface area contributed by atoms with Gasteiger partial charge in [-0.15, -0.1) is 0 Å². The van der Waals surface area contributed by atoms with Crippen LogP contribution in [0.5, 0.6) is 0 Å². The molecule has 0 saturated heterocycles. The summed E-state index contributed by atoms with van der Waals surface area (Å²) in [6, 6.07) is 4.53. The molecule has 2 rings (SSSR count). The number of halogens is 1. The first-order chi connectivity index (χ1) is 9.56. The van der Waals surface area contributed by atoms with E-state index >= 15 is 0 Å².